The molecule has 0 radical (unpaired) electrons. The zero-order chi connectivity index (χ0) is 11.9. The fourth-order valence-corrected chi connectivity index (χ4v) is 1.91. The standard InChI is InChI=1S/C12H14N2OSe/c1-12(2,3)8-4-5-10-9(6-8)11(15)14(16)7-13-10/h4-7,16H,1-3H3. The van der Waals surface area contributed by atoms with Gasteiger partial charge in [0.1, 0.15) is 0 Å². The van der Waals surface area contributed by atoms with E-state index in [4.69, 9.17) is 0 Å². The fraction of sp³-hybridized carbons (Fsp3) is 0.333. The molecule has 0 aliphatic heterocycles. The maximum atomic E-state index is 11.9. The molecule has 1 aromatic heterocycles. The van der Waals surface area contributed by atoms with Gasteiger partial charge in [-0.1, -0.05) is 0 Å². The molecule has 0 fully saturated rings. The summed E-state index contributed by atoms with van der Waals surface area (Å²) in [4.78, 5) is 16.1. The van der Waals surface area contributed by atoms with Crippen molar-refractivity contribution in [2.75, 3.05) is 0 Å². The van der Waals surface area contributed by atoms with E-state index in [1.807, 2.05) is 18.2 Å². The van der Waals surface area contributed by atoms with Crippen molar-refractivity contribution in [2.24, 2.45) is 0 Å². The first-order valence-corrected chi connectivity index (χ1v) is 5.94. The third-order valence-electron chi connectivity index (χ3n) is 2.61. The Morgan fingerprint density at radius 1 is 1.31 bits per heavy atom. The summed E-state index contributed by atoms with van der Waals surface area (Å²) in [5.74, 6) is 0. The van der Waals surface area contributed by atoms with Crippen LogP contribution in [0.5, 0.6) is 0 Å². The molecule has 0 unspecified atom stereocenters. The summed E-state index contributed by atoms with van der Waals surface area (Å²) in [6.07, 6.45) is 1.53. The number of fused-ring (bicyclic) bond motifs is 1. The van der Waals surface area contributed by atoms with Crippen molar-refractivity contribution in [3.63, 3.8) is 0 Å². The summed E-state index contributed by atoms with van der Waals surface area (Å²) >= 11 is 2.19. The Bertz CT molecular complexity index is 596. The molecule has 1 aromatic carbocycles. The van der Waals surface area contributed by atoms with Gasteiger partial charge in [0.2, 0.25) is 0 Å². The van der Waals surface area contributed by atoms with Crippen LogP contribution in [0.3, 0.4) is 0 Å². The van der Waals surface area contributed by atoms with Crippen molar-refractivity contribution in [1.29, 1.82) is 0 Å². The third kappa shape index (κ3) is 1.91. The third-order valence-corrected chi connectivity index (χ3v) is 3.21. The number of benzene rings is 1. The van der Waals surface area contributed by atoms with Crippen LogP contribution < -0.4 is 5.56 Å². The molecule has 4 heteroatoms. The van der Waals surface area contributed by atoms with E-state index in [1.54, 1.807) is 0 Å². The molecule has 1 heterocycles. The summed E-state index contributed by atoms with van der Waals surface area (Å²) in [5, 5.41) is 0.676. The Hall–Kier alpha value is -1.12. The van der Waals surface area contributed by atoms with Crippen LogP contribution in [0.15, 0.2) is 29.3 Å². The molecular formula is C12H14N2OSe. The van der Waals surface area contributed by atoms with Crippen LogP contribution in [-0.4, -0.2) is 24.8 Å². The average molecular weight is 281 g/mol. The minimum absolute atomic E-state index is 0.0175. The van der Waals surface area contributed by atoms with Crippen LogP contribution in [0.4, 0.5) is 0 Å². The van der Waals surface area contributed by atoms with Gasteiger partial charge in [-0.2, -0.15) is 0 Å². The summed E-state index contributed by atoms with van der Waals surface area (Å²) in [6, 6.07) is 5.88. The first kappa shape index (κ1) is 11.4. The van der Waals surface area contributed by atoms with E-state index in [2.05, 4.69) is 42.0 Å². The zero-order valence-electron chi connectivity index (χ0n) is 9.56. The SMILES string of the molecule is CC(C)(C)c1ccc2ncn([SeH])c(=O)c2c1. The number of hydrogen-bond donors (Lipinski definition) is 0. The molecule has 0 saturated heterocycles. The van der Waals surface area contributed by atoms with Gasteiger partial charge in [-0.05, 0) is 0 Å². The molecule has 0 saturated carbocycles. The Balaban J connectivity index is 2.79. The minimum atomic E-state index is -0.0175. The van der Waals surface area contributed by atoms with Crippen molar-refractivity contribution >= 4 is 27.1 Å². The Morgan fingerprint density at radius 3 is 2.62 bits per heavy atom. The predicted octanol–water partition coefficient (Wildman–Crippen LogP) is 1.36. The van der Waals surface area contributed by atoms with Crippen molar-refractivity contribution in [1.82, 2.24) is 8.57 Å². The quantitative estimate of drug-likeness (QED) is 0.683. The molecule has 3 nitrogen and oxygen atoms in total. The van der Waals surface area contributed by atoms with Crippen molar-refractivity contribution < 1.29 is 0 Å². The van der Waals surface area contributed by atoms with Crippen LogP contribution in [0.25, 0.3) is 10.9 Å². The van der Waals surface area contributed by atoms with E-state index in [0.717, 1.165) is 11.1 Å². The predicted molar refractivity (Wildman–Crippen MR) is 67.3 cm³/mol. The van der Waals surface area contributed by atoms with Gasteiger partial charge < -0.3 is 0 Å². The summed E-state index contributed by atoms with van der Waals surface area (Å²) in [5.41, 5.74) is 1.93. The molecule has 0 aliphatic carbocycles. The van der Waals surface area contributed by atoms with Crippen molar-refractivity contribution in [3.8, 4) is 0 Å². The Labute approximate surface area is 103 Å². The molecule has 0 atom stereocenters. The number of rotatable bonds is 0. The maximum absolute atomic E-state index is 11.9. The molecule has 0 amide bonds. The van der Waals surface area contributed by atoms with E-state index in [9.17, 15) is 4.79 Å². The molecule has 0 N–H and O–H groups in total. The van der Waals surface area contributed by atoms with E-state index < -0.39 is 0 Å². The van der Waals surface area contributed by atoms with Crippen molar-refractivity contribution in [3.05, 3.63) is 40.4 Å². The van der Waals surface area contributed by atoms with Crippen LogP contribution >= 0.6 is 0 Å². The molecule has 84 valence electrons. The van der Waals surface area contributed by atoms with Gasteiger partial charge in [0.25, 0.3) is 0 Å². The average Bonchev–Trinajstić information content (AvgIpc) is 2.22. The number of hydrogen-bond acceptors (Lipinski definition) is 2. The van der Waals surface area contributed by atoms with Gasteiger partial charge in [0.05, 0.1) is 0 Å². The summed E-state index contributed by atoms with van der Waals surface area (Å²) in [6.45, 7) is 6.39. The van der Waals surface area contributed by atoms with Gasteiger partial charge in [0.15, 0.2) is 0 Å². The normalized spacial score (nSPS) is 12.0. The van der Waals surface area contributed by atoms with E-state index in [0.29, 0.717) is 5.39 Å². The van der Waals surface area contributed by atoms with Crippen LogP contribution in [0, 0.1) is 0 Å². The number of nitrogens with zero attached hydrogens (tertiary/aromatic N) is 2. The molecule has 0 aliphatic rings. The second-order valence-corrected chi connectivity index (χ2v) is 5.78. The van der Waals surface area contributed by atoms with Gasteiger partial charge >= 0.3 is 102 Å². The first-order chi connectivity index (χ1) is 7.39. The molecule has 0 spiro atoms. The van der Waals surface area contributed by atoms with E-state index >= 15 is 0 Å². The molecule has 2 aromatic rings. The Kier molecular flexibility index (Phi) is 2.64. The van der Waals surface area contributed by atoms with E-state index in [1.165, 1.54) is 9.91 Å². The van der Waals surface area contributed by atoms with Crippen LogP contribution in [0.2, 0.25) is 0 Å². The second kappa shape index (κ2) is 3.72. The van der Waals surface area contributed by atoms with Crippen molar-refractivity contribution in [2.45, 2.75) is 26.2 Å². The summed E-state index contributed by atoms with van der Waals surface area (Å²) in [7, 11) is 0. The van der Waals surface area contributed by atoms with Gasteiger partial charge in [-0.15, -0.1) is 0 Å². The topological polar surface area (TPSA) is 34.9 Å². The monoisotopic (exact) mass is 282 g/mol. The van der Waals surface area contributed by atoms with Crippen LogP contribution in [0.1, 0.15) is 26.3 Å². The zero-order valence-corrected chi connectivity index (χ0v) is 11.4. The fourth-order valence-electron chi connectivity index (χ4n) is 1.58. The first-order valence-electron chi connectivity index (χ1n) is 5.11. The summed E-state index contributed by atoms with van der Waals surface area (Å²) < 4.78 is 1.45. The molecule has 0 bridgehead atoms. The number of aromatic nitrogens is 2. The van der Waals surface area contributed by atoms with Gasteiger partial charge in [-0.3, -0.25) is 0 Å². The van der Waals surface area contributed by atoms with E-state index in [-0.39, 0.29) is 11.0 Å². The second-order valence-electron chi connectivity index (χ2n) is 4.88. The Morgan fingerprint density at radius 2 is 2.00 bits per heavy atom. The van der Waals surface area contributed by atoms with Crippen LogP contribution in [-0.2, 0) is 5.41 Å². The molecular weight excluding hydrogens is 267 g/mol. The molecule has 2 rings (SSSR count). The van der Waals surface area contributed by atoms with Gasteiger partial charge in [-0.25, -0.2) is 0 Å². The molecule has 16 heavy (non-hydrogen) atoms. The van der Waals surface area contributed by atoms with Gasteiger partial charge in [0, 0.05) is 0 Å².